The van der Waals surface area contributed by atoms with Crippen LogP contribution in [0.1, 0.15) is 31.6 Å². The third-order valence-electron chi connectivity index (χ3n) is 4.49. The highest BCUT2D eigenvalue weighted by molar-refractivity contribution is 7.08. The van der Waals surface area contributed by atoms with Gasteiger partial charge in [0.2, 0.25) is 17.6 Å². The summed E-state index contributed by atoms with van der Waals surface area (Å²) in [6.45, 7) is 2.58. The Hall–Kier alpha value is -1.73. The minimum absolute atomic E-state index is 0.251. The average molecular weight is 332 g/mol. The van der Waals surface area contributed by atoms with E-state index >= 15 is 0 Å². The molecule has 4 rings (SSSR count). The molecule has 0 bridgehead atoms. The molecule has 0 atom stereocenters. The molecule has 1 aliphatic heterocycles. The molecule has 1 aliphatic carbocycles. The lowest BCUT2D eigenvalue weighted by atomic mass is 10.0. The molecule has 2 aliphatic rings. The zero-order valence-electron chi connectivity index (χ0n) is 12.9. The Morgan fingerprint density at radius 3 is 2.87 bits per heavy atom. The van der Waals surface area contributed by atoms with Crippen molar-refractivity contribution in [1.82, 2.24) is 20.4 Å². The number of thiophene rings is 1. The number of carbonyl (C=O) groups excluding carboxylic acids is 1. The minimum Gasteiger partial charge on any atom is -0.353 e. The second-order valence-electron chi connectivity index (χ2n) is 6.36. The first-order chi connectivity index (χ1) is 11.3. The molecule has 0 spiro atoms. The Bertz CT molecular complexity index is 657. The summed E-state index contributed by atoms with van der Waals surface area (Å²) in [6, 6.07) is 2.32. The molecule has 2 fully saturated rings. The summed E-state index contributed by atoms with van der Waals surface area (Å²) in [5, 5.41) is 11.2. The highest BCUT2D eigenvalue weighted by Crippen LogP contribution is 2.29. The van der Waals surface area contributed by atoms with Crippen LogP contribution < -0.4 is 5.32 Å². The van der Waals surface area contributed by atoms with Crippen molar-refractivity contribution in [3.8, 4) is 11.4 Å². The SMILES string of the molecule is O=C(NC1CCN(Cc2nc(-c3ccsc3)no2)CC1)C1CC1. The maximum Gasteiger partial charge on any atom is 0.241 e. The van der Waals surface area contributed by atoms with Crippen LogP contribution in [0.15, 0.2) is 21.3 Å². The fourth-order valence-corrected chi connectivity index (χ4v) is 3.55. The lowest BCUT2D eigenvalue weighted by Gasteiger charge is -2.31. The average Bonchev–Trinajstić information content (AvgIpc) is 3.08. The van der Waals surface area contributed by atoms with Gasteiger partial charge in [-0.15, -0.1) is 0 Å². The van der Waals surface area contributed by atoms with E-state index in [0.29, 0.717) is 30.2 Å². The predicted octanol–water partition coefficient (Wildman–Crippen LogP) is 2.29. The van der Waals surface area contributed by atoms with Gasteiger partial charge in [-0.1, -0.05) is 5.16 Å². The topological polar surface area (TPSA) is 71.3 Å². The summed E-state index contributed by atoms with van der Waals surface area (Å²) in [6.07, 6.45) is 4.11. The Balaban J connectivity index is 1.27. The zero-order valence-corrected chi connectivity index (χ0v) is 13.7. The molecule has 1 saturated heterocycles. The van der Waals surface area contributed by atoms with Crippen molar-refractivity contribution in [3.63, 3.8) is 0 Å². The van der Waals surface area contributed by atoms with Crippen LogP contribution in [-0.2, 0) is 11.3 Å². The molecule has 6 nitrogen and oxygen atoms in total. The number of piperidine rings is 1. The van der Waals surface area contributed by atoms with Gasteiger partial charge < -0.3 is 9.84 Å². The summed E-state index contributed by atoms with van der Waals surface area (Å²) in [4.78, 5) is 18.6. The third kappa shape index (κ3) is 3.61. The Kier molecular flexibility index (Phi) is 4.13. The number of likely N-dealkylation sites (tertiary alicyclic amines) is 1. The van der Waals surface area contributed by atoms with Crippen molar-refractivity contribution >= 4 is 17.2 Å². The first-order valence-corrected chi connectivity index (χ1v) is 9.10. The van der Waals surface area contributed by atoms with E-state index in [-0.39, 0.29) is 5.91 Å². The monoisotopic (exact) mass is 332 g/mol. The van der Waals surface area contributed by atoms with E-state index in [4.69, 9.17) is 4.52 Å². The molecule has 2 aromatic rings. The van der Waals surface area contributed by atoms with Crippen LogP contribution in [0.25, 0.3) is 11.4 Å². The number of nitrogens with zero attached hydrogens (tertiary/aromatic N) is 3. The largest absolute Gasteiger partial charge is 0.353 e. The van der Waals surface area contributed by atoms with Crippen LogP contribution in [0.4, 0.5) is 0 Å². The van der Waals surface area contributed by atoms with Gasteiger partial charge in [-0.3, -0.25) is 9.69 Å². The standard InChI is InChI=1S/C16H20N4O2S/c21-16(11-1-2-11)17-13-3-6-20(7-4-13)9-14-18-15(19-22-14)12-5-8-23-10-12/h5,8,10-11,13H,1-4,6-7,9H2,(H,17,21). The molecule has 1 saturated carbocycles. The molecule has 3 heterocycles. The summed E-state index contributed by atoms with van der Waals surface area (Å²) in [5.74, 6) is 1.86. The predicted molar refractivity (Wildman–Crippen MR) is 86.8 cm³/mol. The summed E-state index contributed by atoms with van der Waals surface area (Å²) < 4.78 is 5.35. The molecule has 23 heavy (non-hydrogen) atoms. The second-order valence-corrected chi connectivity index (χ2v) is 7.14. The number of aromatic nitrogens is 2. The Morgan fingerprint density at radius 2 is 2.17 bits per heavy atom. The van der Waals surface area contributed by atoms with E-state index in [2.05, 4.69) is 20.4 Å². The van der Waals surface area contributed by atoms with Crippen molar-refractivity contribution in [2.45, 2.75) is 38.3 Å². The summed E-state index contributed by atoms with van der Waals surface area (Å²) in [7, 11) is 0. The molecule has 0 aromatic carbocycles. The number of carbonyl (C=O) groups is 1. The van der Waals surface area contributed by atoms with Gasteiger partial charge in [-0.2, -0.15) is 16.3 Å². The van der Waals surface area contributed by atoms with Gasteiger partial charge in [0.25, 0.3) is 0 Å². The van der Waals surface area contributed by atoms with Crippen molar-refractivity contribution in [2.24, 2.45) is 5.92 Å². The fraction of sp³-hybridized carbons (Fsp3) is 0.562. The van der Waals surface area contributed by atoms with Crippen LogP contribution in [-0.4, -0.2) is 40.1 Å². The number of hydrogen-bond donors (Lipinski definition) is 1. The summed E-state index contributed by atoms with van der Waals surface area (Å²) >= 11 is 1.62. The normalized spacial score (nSPS) is 19.8. The van der Waals surface area contributed by atoms with Gasteiger partial charge in [-0.25, -0.2) is 0 Å². The Labute approximate surface area is 138 Å². The number of hydrogen-bond acceptors (Lipinski definition) is 6. The maximum atomic E-state index is 11.8. The van der Waals surface area contributed by atoms with Gasteiger partial charge >= 0.3 is 0 Å². The van der Waals surface area contributed by atoms with Crippen LogP contribution in [0.5, 0.6) is 0 Å². The van der Waals surface area contributed by atoms with Crippen LogP contribution in [0, 0.1) is 5.92 Å². The molecule has 7 heteroatoms. The van der Waals surface area contributed by atoms with Crippen LogP contribution in [0.2, 0.25) is 0 Å². The molecule has 1 amide bonds. The van der Waals surface area contributed by atoms with E-state index in [1.807, 2.05) is 16.8 Å². The van der Waals surface area contributed by atoms with Gasteiger partial charge in [0, 0.05) is 36.0 Å². The maximum absolute atomic E-state index is 11.8. The zero-order chi connectivity index (χ0) is 15.6. The van der Waals surface area contributed by atoms with Gasteiger partial charge in [0.05, 0.1) is 6.54 Å². The van der Waals surface area contributed by atoms with E-state index in [1.54, 1.807) is 11.3 Å². The number of rotatable bonds is 5. The molecule has 0 unspecified atom stereocenters. The molecule has 1 N–H and O–H groups in total. The second kappa shape index (κ2) is 6.41. The third-order valence-corrected chi connectivity index (χ3v) is 5.17. The van der Waals surface area contributed by atoms with Gasteiger partial charge in [-0.05, 0) is 37.1 Å². The first kappa shape index (κ1) is 14.8. The molecular formula is C16H20N4O2S. The van der Waals surface area contributed by atoms with Gasteiger partial charge in [0.1, 0.15) is 0 Å². The Morgan fingerprint density at radius 1 is 1.35 bits per heavy atom. The molecule has 2 aromatic heterocycles. The van der Waals surface area contributed by atoms with Crippen molar-refractivity contribution in [1.29, 1.82) is 0 Å². The van der Waals surface area contributed by atoms with E-state index in [9.17, 15) is 4.79 Å². The number of nitrogens with one attached hydrogen (secondary N) is 1. The first-order valence-electron chi connectivity index (χ1n) is 8.16. The van der Waals surface area contributed by atoms with Crippen LogP contribution in [0.3, 0.4) is 0 Å². The highest BCUT2D eigenvalue weighted by atomic mass is 32.1. The van der Waals surface area contributed by atoms with Gasteiger partial charge in [0.15, 0.2) is 0 Å². The highest BCUT2D eigenvalue weighted by Gasteiger charge is 2.31. The minimum atomic E-state index is 0.251. The smallest absolute Gasteiger partial charge is 0.241 e. The van der Waals surface area contributed by atoms with E-state index < -0.39 is 0 Å². The van der Waals surface area contributed by atoms with Crippen molar-refractivity contribution in [3.05, 3.63) is 22.7 Å². The molecule has 122 valence electrons. The fourth-order valence-electron chi connectivity index (χ4n) is 2.92. The number of amides is 1. The van der Waals surface area contributed by atoms with E-state index in [0.717, 1.165) is 44.3 Å². The lowest BCUT2D eigenvalue weighted by molar-refractivity contribution is -0.123. The quantitative estimate of drug-likeness (QED) is 0.909. The van der Waals surface area contributed by atoms with E-state index in [1.165, 1.54) is 0 Å². The molecule has 0 radical (unpaired) electrons. The van der Waals surface area contributed by atoms with Crippen molar-refractivity contribution in [2.75, 3.05) is 13.1 Å². The van der Waals surface area contributed by atoms with Crippen molar-refractivity contribution < 1.29 is 9.32 Å². The van der Waals surface area contributed by atoms with Crippen LogP contribution >= 0.6 is 11.3 Å². The lowest BCUT2D eigenvalue weighted by Crippen LogP contribution is -2.44. The summed E-state index contributed by atoms with van der Waals surface area (Å²) in [5.41, 5.74) is 1.01. The molecular weight excluding hydrogens is 312 g/mol.